The highest BCUT2D eigenvalue weighted by atomic mass is 16.5. The number of anilines is 1. The van der Waals surface area contributed by atoms with Gasteiger partial charge in [0.05, 0.1) is 19.4 Å². The standard InChI is InChI=1S/C21H22N2O3/c1-14(2)13-26-16-8-6-15(7-9-16)21(24)23-18-10-11-19(25-3)20-17(18)5-4-12-22-20/h4-12,14H,13H2,1-3H3,(H,23,24). The van der Waals surface area contributed by atoms with E-state index >= 15 is 0 Å². The zero-order valence-corrected chi connectivity index (χ0v) is 15.2. The van der Waals surface area contributed by atoms with Gasteiger partial charge in [-0.2, -0.15) is 0 Å². The van der Waals surface area contributed by atoms with Crippen molar-refractivity contribution in [2.45, 2.75) is 13.8 Å². The van der Waals surface area contributed by atoms with Crippen molar-refractivity contribution in [1.29, 1.82) is 0 Å². The fourth-order valence-electron chi connectivity index (χ4n) is 2.58. The van der Waals surface area contributed by atoms with Crippen LogP contribution in [-0.2, 0) is 0 Å². The highest BCUT2D eigenvalue weighted by molar-refractivity contribution is 6.09. The molecule has 3 aromatic rings. The summed E-state index contributed by atoms with van der Waals surface area (Å²) in [7, 11) is 1.60. The molecule has 0 radical (unpaired) electrons. The van der Waals surface area contributed by atoms with Crippen LogP contribution in [0.1, 0.15) is 24.2 Å². The van der Waals surface area contributed by atoms with Crippen molar-refractivity contribution in [1.82, 2.24) is 4.98 Å². The lowest BCUT2D eigenvalue weighted by molar-refractivity contribution is 0.102. The van der Waals surface area contributed by atoms with E-state index in [0.717, 1.165) is 11.1 Å². The number of amides is 1. The van der Waals surface area contributed by atoms with E-state index in [9.17, 15) is 4.79 Å². The number of methoxy groups -OCH3 is 1. The molecular weight excluding hydrogens is 328 g/mol. The second-order valence-corrected chi connectivity index (χ2v) is 6.40. The predicted octanol–water partition coefficient (Wildman–Crippen LogP) is 4.53. The lowest BCUT2D eigenvalue weighted by Gasteiger charge is -2.12. The van der Waals surface area contributed by atoms with E-state index in [-0.39, 0.29) is 5.91 Å². The summed E-state index contributed by atoms with van der Waals surface area (Å²) in [5.41, 5.74) is 1.97. The molecule has 1 N–H and O–H groups in total. The maximum absolute atomic E-state index is 12.6. The van der Waals surface area contributed by atoms with Crippen molar-refractivity contribution in [3.05, 3.63) is 60.3 Å². The number of nitrogens with one attached hydrogen (secondary N) is 1. The summed E-state index contributed by atoms with van der Waals surface area (Å²) in [6.45, 7) is 4.84. The second-order valence-electron chi connectivity index (χ2n) is 6.40. The molecule has 1 heterocycles. The normalized spacial score (nSPS) is 10.8. The number of ether oxygens (including phenoxy) is 2. The number of carbonyl (C=O) groups is 1. The number of aromatic nitrogens is 1. The molecule has 5 nitrogen and oxygen atoms in total. The van der Waals surface area contributed by atoms with Crippen molar-refractivity contribution in [3.63, 3.8) is 0 Å². The third kappa shape index (κ3) is 3.94. The molecule has 0 fully saturated rings. The molecule has 2 aromatic carbocycles. The number of hydrogen-bond donors (Lipinski definition) is 1. The number of carbonyl (C=O) groups excluding carboxylic acids is 1. The number of nitrogens with zero attached hydrogens (tertiary/aromatic N) is 1. The monoisotopic (exact) mass is 350 g/mol. The van der Waals surface area contributed by atoms with Gasteiger partial charge < -0.3 is 14.8 Å². The molecule has 1 amide bonds. The van der Waals surface area contributed by atoms with Gasteiger partial charge >= 0.3 is 0 Å². The zero-order valence-electron chi connectivity index (χ0n) is 15.2. The van der Waals surface area contributed by atoms with Crippen LogP contribution in [0.2, 0.25) is 0 Å². The molecule has 1 aromatic heterocycles. The van der Waals surface area contributed by atoms with Crippen LogP contribution in [0, 0.1) is 5.92 Å². The molecule has 0 saturated carbocycles. The summed E-state index contributed by atoms with van der Waals surface area (Å²) >= 11 is 0. The first-order valence-electron chi connectivity index (χ1n) is 8.54. The van der Waals surface area contributed by atoms with Crippen molar-refractivity contribution in [3.8, 4) is 11.5 Å². The Morgan fingerprint density at radius 2 is 1.88 bits per heavy atom. The molecule has 0 aliphatic rings. The van der Waals surface area contributed by atoms with Crippen molar-refractivity contribution < 1.29 is 14.3 Å². The molecule has 134 valence electrons. The molecule has 26 heavy (non-hydrogen) atoms. The Labute approximate surface area is 153 Å². The van der Waals surface area contributed by atoms with E-state index < -0.39 is 0 Å². The van der Waals surface area contributed by atoms with E-state index in [0.29, 0.717) is 35.0 Å². The van der Waals surface area contributed by atoms with Crippen molar-refractivity contribution in [2.24, 2.45) is 5.92 Å². The Balaban J connectivity index is 1.79. The van der Waals surface area contributed by atoms with Gasteiger partial charge in [-0.25, -0.2) is 0 Å². The largest absolute Gasteiger partial charge is 0.494 e. The van der Waals surface area contributed by atoms with Gasteiger partial charge in [-0.05, 0) is 54.4 Å². The maximum atomic E-state index is 12.6. The van der Waals surface area contributed by atoms with Gasteiger partial charge in [0.25, 0.3) is 5.91 Å². The van der Waals surface area contributed by atoms with Crippen molar-refractivity contribution in [2.75, 3.05) is 19.0 Å². The summed E-state index contributed by atoms with van der Waals surface area (Å²) in [5.74, 6) is 1.70. The first-order chi connectivity index (χ1) is 12.6. The summed E-state index contributed by atoms with van der Waals surface area (Å²) in [6, 6.07) is 14.5. The average Bonchev–Trinajstić information content (AvgIpc) is 2.67. The topological polar surface area (TPSA) is 60.5 Å². The van der Waals surface area contributed by atoms with Crippen LogP contribution in [0.3, 0.4) is 0 Å². The molecule has 0 spiro atoms. The molecule has 0 aliphatic carbocycles. The lowest BCUT2D eigenvalue weighted by atomic mass is 10.1. The van der Waals surface area contributed by atoms with Crippen LogP contribution in [0.5, 0.6) is 11.5 Å². The quantitative estimate of drug-likeness (QED) is 0.709. The Bertz CT molecular complexity index is 905. The SMILES string of the molecule is COc1ccc(NC(=O)c2ccc(OCC(C)C)cc2)c2cccnc12. The summed E-state index contributed by atoms with van der Waals surface area (Å²) in [5, 5.41) is 3.78. The molecule has 3 rings (SSSR count). The number of hydrogen-bond acceptors (Lipinski definition) is 4. The van der Waals surface area contributed by atoms with Gasteiger partial charge in [0.15, 0.2) is 0 Å². The van der Waals surface area contributed by atoms with Gasteiger partial charge in [-0.15, -0.1) is 0 Å². The molecule has 0 saturated heterocycles. The van der Waals surface area contributed by atoms with Crippen LogP contribution in [0.15, 0.2) is 54.7 Å². The summed E-state index contributed by atoms with van der Waals surface area (Å²) in [6.07, 6.45) is 1.70. The summed E-state index contributed by atoms with van der Waals surface area (Å²) < 4.78 is 11.0. The van der Waals surface area contributed by atoms with Crippen LogP contribution < -0.4 is 14.8 Å². The van der Waals surface area contributed by atoms with E-state index in [4.69, 9.17) is 9.47 Å². The molecule has 0 atom stereocenters. The molecular formula is C21H22N2O3. The fourth-order valence-corrected chi connectivity index (χ4v) is 2.58. The molecule has 0 bridgehead atoms. The first-order valence-corrected chi connectivity index (χ1v) is 8.54. The molecule has 0 aliphatic heterocycles. The zero-order chi connectivity index (χ0) is 18.5. The minimum absolute atomic E-state index is 0.185. The van der Waals surface area contributed by atoms with Crippen molar-refractivity contribution >= 4 is 22.5 Å². The lowest BCUT2D eigenvalue weighted by Crippen LogP contribution is -2.12. The van der Waals surface area contributed by atoms with Gasteiger partial charge in [0, 0.05) is 17.1 Å². The number of rotatable bonds is 6. The second kappa shape index (κ2) is 7.87. The predicted molar refractivity (Wildman–Crippen MR) is 103 cm³/mol. The Morgan fingerprint density at radius 1 is 1.12 bits per heavy atom. The minimum atomic E-state index is -0.185. The Hall–Kier alpha value is -3.08. The number of fused-ring (bicyclic) bond motifs is 1. The average molecular weight is 350 g/mol. The molecule has 0 unspecified atom stereocenters. The van der Waals surface area contributed by atoms with E-state index in [1.807, 2.05) is 30.3 Å². The van der Waals surface area contributed by atoms with Crippen LogP contribution in [0.4, 0.5) is 5.69 Å². The first kappa shape index (κ1) is 17.7. The molecule has 5 heteroatoms. The number of pyridine rings is 1. The van der Waals surface area contributed by atoms with Crippen LogP contribution in [-0.4, -0.2) is 24.6 Å². The maximum Gasteiger partial charge on any atom is 0.255 e. The van der Waals surface area contributed by atoms with E-state index in [1.54, 1.807) is 31.5 Å². The van der Waals surface area contributed by atoms with Gasteiger partial charge in [-0.1, -0.05) is 13.8 Å². The van der Waals surface area contributed by atoms with Crippen LogP contribution in [0.25, 0.3) is 10.9 Å². The third-order valence-corrected chi connectivity index (χ3v) is 3.90. The minimum Gasteiger partial charge on any atom is -0.494 e. The van der Waals surface area contributed by atoms with E-state index in [2.05, 4.69) is 24.1 Å². The fraction of sp³-hybridized carbons (Fsp3) is 0.238. The number of benzene rings is 2. The third-order valence-electron chi connectivity index (χ3n) is 3.90. The van der Waals surface area contributed by atoms with Gasteiger partial charge in [-0.3, -0.25) is 9.78 Å². The highest BCUT2D eigenvalue weighted by Crippen LogP contribution is 2.30. The van der Waals surface area contributed by atoms with Gasteiger partial charge in [0.2, 0.25) is 0 Å². The van der Waals surface area contributed by atoms with Gasteiger partial charge in [0.1, 0.15) is 17.0 Å². The Morgan fingerprint density at radius 3 is 2.58 bits per heavy atom. The Kier molecular flexibility index (Phi) is 5.37. The summed E-state index contributed by atoms with van der Waals surface area (Å²) in [4.78, 5) is 16.9. The highest BCUT2D eigenvalue weighted by Gasteiger charge is 2.11. The van der Waals surface area contributed by atoms with Crippen LogP contribution >= 0.6 is 0 Å². The smallest absolute Gasteiger partial charge is 0.255 e. The van der Waals surface area contributed by atoms with E-state index in [1.165, 1.54) is 0 Å².